The van der Waals surface area contributed by atoms with E-state index >= 15 is 0 Å². The van der Waals surface area contributed by atoms with Crippen LogP contribution >= 0.6 is 0 Å². The van der Waals surface area contributed by atoms with Gasteiger partial charge in [-0.15, -0.1) is 0 Å². The van der Waals surface area contributed by atoms with Gasteiger partial charge in [-0.05, 0) is 55.4 Å². The van der Waals surface area contributed by atoms with E-state index in [-0.39, 0.29) is 11.1 Å². The molecule has 1 unspecified atom stereocenters. The second-order valence-electron chi connectivity index (χ2n) is 13.4. The number of fused-ring (bicyclic) bond motifs is 1. The third-order valence-electron chi connectivity index (χ3n) is 8.93. The van der Waals surface area contributed by atoms with E-state index in [4.69, 9.17) is 28.7 Å². The van der Waals surface area contributed by atoms with Crippen molar-refractivity contribution in [3.05, 3.63) is 36.0 Å². The minimum Gasteiger partial charge on any atom is -0.497 e. The van der Waals surface area contributed by atoms with Crippen LogP contribution in [-0.2, 0) is 9.16 Å². The van der Waals surface area contributed by atoms with Crippen LogP contribution in [0.15, 0.2) is 30.5 Å². The zero-order valence-electron chi connectivity index (χ0n) is 27.5. The Morgan fingerprint density at radius 2 is 1.79 bits per heavy atom. The Morgan fingerprint density at radius 3 is 2.40 bits per heavy atom. The number of anilines is 1. The maximum Gasteiger partial charge on any atom is 0.192 e. The lowest BCUT2D eigenvalue weighted by atomic mass is 10.1. The Labute approximate surface area is 253 Å². The Morgan fingerprint density at radius 1 is 1.10 bits per heavy atom. The van der Waals surface area contributed by atoms with Crippen molar-refractivity contribution < 1.29 is 18.6 Å². The molecule has 1 aromatic carbocycles. The van der Waals surface area contributed by atoms with Crippen LogP contribution in [0.25, 0.3) is 16.9 Å². The van der Waals surface area contributed by atoms with E-state index in [2.05, 4.69) is 78.7 Å². The third-order valence-corrected chi connectivity index (χ3v) is 13.5. The van der Waals surface area contributed by atoms with Crippen LogP contribution in [0.5, 0.6) is 11.5 Å². The molecule has 0 saturated carbocycles. The van der Waals surface area contributed by atoms with Crippen molar-refractivity contribution in [2.24, 2.45) is 0 Å². The lowest BCUT2D eigenvalue weighted by Crippen LogP contribution is -2.45. The molecule has 1 aliphatic rings. The maximum atomic E-state index is 6.76. The van der Waals surface area contributed by atoms with Gasteiger partial charge in [-0.25, -0.2) is 4.98 Å². The first kappa shape index (κ1) is 32.3. The van der Waals surface area contributed by atoms with Crippen LogP contribution in [0.4, 0.5) is 5.82 Å². The first-order valence-corrected chi connectivity index (χ1v) is 18.4. The van der Waals surface area contributed by atoms with Gasteiger partial charge < -0.3 is 23.5 Å². The molecule has 1 fully saturated rings. The maximum absolute atomic E-state index is 6.76. The summed E-state index contributed by atoms with van der Waals surface area (Å²) in [5, 5.41) is 4.92. The Kier molecular flexibility index (Phi) is 10.3. The van der Waals surface area contributed by atoms with Gasteiger partial charge in [0.1, 0.15) is 23.9 Å². The molecule has 0 N–H and O–H groups in total. The summed E-state index contributed by atoms with van der Waals surface area (Å²) >= 11 is 0. The molecule has 42 heavy (non-hydrogen) atoms. The predicted octanol–water partition coefficient (Wildman–Crippen LogP) is 7.71. The topological polar surface area (TPSA) is 70.4 Å². The summed E-state index contributed by atoms with van der Waals surface area (Å²) in [7, 11) is 1.92. The summed E-state index contributed by atoms with van der Waals surface area (Å²) in [5.74, 6) is 2.80. The molecule has 3 aromatic rings. The van der Waals surface area contributed by atoms with Crippen molar-refractivity contribution >= 4 is 19.8 Å². The quantitative estimate of drug-likeness (QED) is 0.198. The summed E-state index contributed by atoms with van der Waals surface area (Å²) in [6, 6.07) is 8.57. The SMILES string of the molecule is CCCC(COc1cc(OC)cc(-c2cc(N(C)C3CCOCC3)n3ncc(C(C)C)c3n2)c1)O[Si](C)(C)C(C)(C)C. The first-order chi connectivity index (χ1) is 19.8. The zero-order valence-corrected chi connectivity index (χ0v) is 28.5. The highest BCUT2D eigenvalue weighted by Gasteiger charge is 2.39. The summed E-state index contributed by atoms with van der Waals surface area (Å²) in [4.78, 5) is 7.49. The number of aromatic nitrogens is 3. The van der Waals surface area contributed by atoms with Crippen molar-refractivity contribution in [3.63, 3.8) is 0 Å². The van der Waals surface area contributed by atoms with Gasteiger partial charge in [-0.1, -0.05) is 48.0 Å². The summed E-state index contributed by atoms with van der Waals surface area (Å²) in [6.45, 7) is 20.1. The summed E-state index contributed by atoms with van der Waals surface area (Å²) < 4.78 is 26.6. The number of benzene rings is 1. The fourth-order valence-electron chi connectivity index (χ4n) is 5.23. The molecule has 0 amide bonds. The van der Waals surface area contributed by atoms with Crippen molar-refractivity contribution in [1.29, 1.82) is 0 Å². The minimum atomic E-state index is -1.93. The largest absolute Gasteiger partial charge is 0.497 e. The van der Waals surface area contributed by atoms with Gasteiger partial charge in [0.15, 0.2) is 14.0 Å². The van der Waals surface area contributed by atoms with Crippen LogP contribution in [-0.4, -0.2) is 69.0 Å². The standard InChI is InChI=1S/C33H52N4O4Si/c1-11-12-26(41-42(9,10)33(4,5)6)22-40-28-18-24(17-27(19-28)38-8)30-20-31(36(7)25-13-15-39-16-14-25)37-32(35-30)29(21-34-37)23(2)3/h17-21,23,25-26H,11-16,22H2,1-10H3. The molecule has 9 heteroatoms. The van der Waals surface area contributed by atoms with Crippen molar-refractivity contribution in [3.8, 4) is 22.8 Å². The highest BCUT2D eigenvalue weighted by atomic mass is 28.4. The molecular formula is C33H52N4O4Si. The third kappa shape index (κ3) is 7.29. The average molecular weight is 597 g/mol. The lowest BCUT2D eigenvalue weighted by molar-refractivity contribution is 0.0853. The number of hydrogen-bond acceptors (Lipinski definition) is 7. The van der Waals surface area contributed by atoms with Crippen LogP contribution in [0.3, 0.4) is 0 Å². The molecule has 1 atom stereocenters. The van der Waals surface area contributed by atoms with Crippen LogP contribution in [0, 0.1) is 0 Å². The second kappa shape index (κ2) is 13.3. The Balaban J connectivity index is 1.70. The molecule has 2 aromatic heterocycles. The van der Waals surface area contributed by atoms with Crippen molar-refractivity contribution in [1.82, 2.24) is 14.6 Å². The molecule has 3 heterocycles. The number of methoxy groups -OCH3 is 1. The fraction of sp³-hybridized carbons (Fsp3) is 0.636. The van der Waals surface area contributed by atoms with Gasteiger partial charge in [0.25, 0.3) is 0 Å². The van der Waals surface area contributed by atoms with Crippen LogP contribution in [0.1, 0.15) is 78.7 Å². The van der Waals surface area contributed by atoms with Crippen molar-refractivity contribution in [2.45, 2.75) is 103 Å². The molecule has 0 radical (unpaired) electrons. The van der Waals surface area contributed by atoms with E-state index in [0.717, 1.165) is 78.7 Å². The molecule has 8 nitrogen and oxygen atoms in total. The Bertz CT molecular complexity index is 1330. The molecule has 0 bridgehead atoms. The Hall–Kier alpha value is -2.62. The molecule has 232 valence electrons. The number of hydrogen-bond donors (Lipinski definition) is 0. The monoisotopic (exact) mass is 596 g/mol. The number of rotatable bonds is 12. The van der Waals surface area contributed by atoms with Gasteiger partial charge in [0.05, 0.1) is 25.1 Å². The molecule has 4 rings (SSSR count). The molecule has 0 spiro atoms. The molecule has 1 saturated heterocycles. The van der Waals surface area contributed by atoms with Gasteiger partial charge in [-0.3, -0.25) is 0 Å². The van der Waals surface area contributed by atoms with Gasteiger partial charge >= 0.3 is 0 Å². The van der Waals surface area contributed by atoms with Crippen molar-refractivity contribution in [2.75, 3.05) is 38.9 Å². The van der Waals surface area contributed by atoms with E-state index in [0.29, 0.717) is 18.6 Å². The average Bonchev–Trinajstić information content (AvgIpc) is 3.39. The number of ether oxygens (including phenoxy) is 3. The highest BCUT2D eigenvalue weighted by molar-refractivity contribution is 6.74. The van der Waals surface area contributed by atoms with E-state index in [9.17, 15) is 0 Å². The molecular weight excluding hydrogens is 544 g/mol. The highest BCUT2D eigenvalue weighted by Crippen LogP contribution is 2.38. The summed E-state index contributed by atoms with van der Waals surface area (Å²) in [6.07, 6.45) is 5.97. The second-order valence-corrected chi connectivity index (χ2v) is 18.2. The van der Waals surface area contributed by atoms with Gasteiger partial charge in [0.2, 0.25) is 0 Å². The summed E-state index contributed by atoms with van der Waals surface area (Å²) in [5.41, 5.74) is 3.82. The van der Waals surface area contributed by atoms with Crippen LogP contribution in [0.2, 0.25) is 18.1 Å². The van der Waals surface area contributed by atoms with E-state index in [1.807, 2.05) is 22.8 Å². The molecule has 0 aliphatic carbocycles. The first-order valence-electron chi connectivity index (χ1n) is 15.5. The minimum absolute atomic E-state index is 0.0418. The van der Waals surface area contributed by atoms with Crippen LogP contribution < -0.4 is 14.4 Å². The zero-order chi connectivity index (χ0) is 30.7. The van der Waals surface area contributed by atoms with Gasteiger partial charge in [0, 0.05) is 49.6 Å². The fourth-order valence-corrected chi connectivity index (χ4v) is 6.60. The lowest BCUT2D eigenvalue weighted by Gasteiger charge is -2.39. The van der Waals surface area contributed by atoms with E-state index in [1.54, 1.807) is 7.11 Å². The normalized spacial score (nSPS) is 15.8. The van der Waals surface area contributed by atoms with E-state index < -0.39 is 8.32 Å². The van der Waals surface area contributed by atoms with Gasteiger partial charge in [-0.2, -0.15) is 9.61 Å². The smallest absolute Gasteiger partial charge is 0.192 e. The predicted molar refractivity (Wildman–Crippen MR) is 174 cm³/mol. The van der Waals surface area contributed by atoms with E-state index in [1.165, 1.54) is 0 Å². The molecule has 1 aliphatic heterocycles. The number of nitrogens with zero attached hydrogens (tertiary/aromatic N) is 4.